The zero-order valence-corrected chi connectivity index (χ0v) is 16.0. The van der Waals surface area contributed by atoms with Gasteiger partial charge in [-0.05, 0) is 25.7 Å². The fourth-order valence-electron chi connectivity index (χ4n) is 2.89. The summed E-state index contributed by atoms with van der Waals surface area (Å²) in [7, 11) is 0. The molecule has 1 saturated heterocycles. The molecule has 6 N–H and O–H groups in total. The van der Waals surface area contributed by atoms with Crippen LogP contribution in [0, 0.1) is 5.92 Å². The first-order chi connectivity index (χ1) is 12.6. The van der Waals surface area contributed by atoms with Crippen molar-refractivity contribution in [1.82, 2.24) is 15.5 Å². The molecule has 10 nitrogen and oxygen atoms in total. The molecule has 0 aromatic heterocycles. The van der Waals surface area contributed by atoms with E-state index in [1.54, 1.807) is 0 Å². The van der Waals surface area contributed by atoms with E-state index in [9.17, 15) is 24.3 Å². The Bertz CT molecular complexity index is 568. The number of aliphatic hydroxyl groups excluding tert-OH is 1. The molecule has 154 valence electrons. The third-order valence-electron chi connectivity index (χ3n) is 4.87. The lowest BCUT2D eigenvalue weighted by Crippen LogP contribution is -2.54. The maximum atomic E-state index is 12.5. The first-order valence-electron chi connectivity index (χ1n) is 9.14. The summed E-state index contributed by atoms with van der Waals surface area (Å²) in [6.07, 6.45) is 0.586. The Morgan fingerprint density at radius 2 is 1.89 bits per heavy atom. The van der Waals surface area contributed by atoms with E-state index in [4.69, 9.17) is 10.8 Å². The van der Waals surface area contributed by atoms with Crippen LogP contribution in [0.1, 0.15) is 40.0 Å². The molecule has 0 aromatic carbocycles. The third-order valence-corrected chi connectivity index (χ3v) is 4.87. The van der Waals surface area contributed by atoms with Crippen LogP contribution in [-0.4, -0.2) is 76.1 Å². The second kappa shape index (κ2) is 10.2. The van der Waals surface area contributed by atoms with Gasteiger partial charge in [0, 0.05) is 6.54 Å². The Balaban J connectivity index is 2.61. The Kier molecular flexibility index (Phi) is 8.64. The van der Waals surface area contributed by atoms with Crippen molar-refractivity contribution in [2.75, 3.05) is 13.1 Å². The largest absolute Gasteiger partial charge is 0.480 e. The minimum atomic E-state index is -1.47. The van der Waals surface area contributed by atoms with E-state index in [1.807, 2.05) is 13.8 Å². The number of rotatable bonds is 9. The fraction of sp³-hybridized carbons (Fsp3) is 0.765. The van der Waals surface area contributed by atoms with Crippen LogP contribution in [0.4, 0.5) is 0 Å². The molecule has 0 bridgehead atoms. The molecule has 5 unspecified atom stereocenters. The predicted octanol–water partition coefficient (Wildman–Crippen LogP) is -1.58. The van der Waals surface area contributed by atoms with Crippen LogP contribution in [0.3, 0.4) is 0 Å². The molecular weight excluding hydrogens is 356 g/mol. The van der Waals surface area contributed by atoms with Gasteiger partial charge in [0.2, 0.25) is 17.7 Å². The number of aliphatic hydroxyl groups is 1. The molecule has 0 saturated carbocycles. The molecule has 10 heteroatoms. The molecule has 3 amide bonds. The van der Waals surface area contributed by atoms with Crippen LogP contribution < -0.4 is 16.4 Å². The minimum absolute atomic E-state index is 0.0130. The van der Waals surface area contributed by atoms with Gasteiger partial charge >= 0.3 is 5.97 Å². The van der Waals surface area contributed by atoms with Crippen molar-refractivity contribution < 1.29 is 29.4 Å². The number of amides is 3. The van der Waals surface area contributed by atoms with Crippen molar-refractivity contribution in [2.24, 2.45) is 11.7 Å². The number of hydrogen-bond acceptors (Lipinski definition) is 6. The number of nitrogens with two attached hydrogens (primary N) is 1. The van der Waals surface area contributed by atoms with Crippen molar-refractivity contribution >= 4 is 23.7 Å². The van der Waals surface area contributed by atoms with Gasteiger partial charge in [0.15, 0.2) is 6.04 Å². The van der Waals surface area contributed by atoms with E-state index in [1.165, 1.54) is 11.8 Å². The highest BCUT2D eigenvalue weighted by Gasteiger charge is 2.37. The second-order valence-electron chi connectivity index (χ2n) is 6.94. The van der Waals surface area contributed by atoms with Gasteiger partial charge < -0.3 is 31.5 Å². The topological polar surface area (TPSA) is 162 Å². The van der Waals surface area contributed by atoms with E-state index in [0.29, 0.717) is 19.4 Å². The van der Waals surface area contributed by atoms with Crippen LogP contribution in [0.2, 0.25) is 0 Å². The molecule has 0 aromatic rings. The number of aliphatic carboxylic acids is 1. The van der Waals surface area contributed by atoms with Gasteiger partial charge in [-0.1, -0.05) is 20.3 Å². The highest BCUT2D eigenvalue weighted by Crippen LogP contribution is 2.20. The van der Waals surface area contributed by atoms with Gasteiger partial charge in [-0.25, -0.2) is 4.79 Å². The normalized spacial score (nSPS) is 21.1. The molecule has 1 aliphatic rings. The van der Waals surface area contributed by atoms with Gasteiger partial charge in [0.05, 0.1) is 18.7 Å². The molecule has 1 heterocycles. The number of likely N-dealkylation sites (tertiary alicyclic amines) is 1. The summed E-state index contributed by atoms with van der Waals surface area (Å²) >= 11 is 0. The molecule has 0 aliphatic carbocycles. The SMILES string of the molecule is CCC(C)C(N)C(=O)N1CCCC1C(=O)NCC(=O)NC(C(=O)O)C(C)O. The quantitative estimate of drug-likeness (QED) is 0.319. The van der Waals surface area contributed by atoms with E-state index >= 15 is 0 Å². The van der Waals surface area contributed by atoms with E-state index < -0.39 is 48.6 Å². The van der Waals surface area contributed by atoms with Crippen LogP contribution in [0.5, 0.6) is 0 Å². The third kappa shape index (κ3) is 6.17. The molecular formula is C17H30N4O6. The Morgan fingerprint density at radius 1 is 1.26 bits per heavy atom. The first-order valence-corrected chi connectivity index (χ1v) is 9.14. The molecule has 27 heavy (non-hydrogen) atoms. The van der Waals surface area contributed by atoms with E-state index in [-0.39, 0.29) is 11.8 Å². The van der Waals surface area contributed by atoms with Crippen molar-refractivity contribution in [3.63, 3.8) is 0 Å². The maximum absolute atomic E-state index is 12.5. The zero-order valence-electron chi connectivity index (χ0n) is 16.0. The molecule has 5 atom stereocenters. The number of carbonyl (C=O) groups is 4. The number of hydrogen-bond donors (Lipinski definition) is 5. The van der Waals surface area contributed by atoms with E-state index in [0.717, 1.165) is 6.42 Å². The van der Waals surface area contributed by atoms with Crippen LogP contribution in [-0.2, 0) is 19.2 Å². The lowest BCUT2D eigenvalue weighted by Gasteiger charge is -2.28. The van der Waals surface area contributed by atoms with Crippen LogP contribution in [0.25, 0.3) is 0 Å². The summed E-state index contributed by atoms with van der Waals surface area (Å²) in [6.45, 7) is 5.02. The number of carbonyl (C=O) groups excluding carboxylic acids is 3. The molecule has 1 fully saturated rings. The van der Waals surface area contributed by atoms with Crippen molar-refractivity contribution in [3.8, 4) is 0 Å². The van der Waals surface area contributed by atoms with Crippen LogP contribution >= 0.6 is 0 Å². The van der Waals surface area contributed by atoms with Gasteiger partial charge in [-0.15, -0.1) is 0 Å². The Morgan fingerprint density at radius 3 is 2.41 bits per heavy atom. The second-order valence-corrected chi connectivity index (χ2v) is 6.94. The summed E-state index contributed by atoms with van der Waals surface area (Å²) in [4.78, 5) is 49.2. The minimum Gasteiger partial charge on any atom is -0.480 e. The number of carboxylic acid groups (broad SMARTS) is 1. The zero-order chi connectivity index (χ0) is 20.7. The smallest absolute Gasteiger partial charge is 0.328 e. The molecule has 0 spiro atoms. The Hall–Kier alpha value is -2.20. The highest BCUT2D eigenvalue weighted by atomic mass is 16.4. The van der Waals surface area contributed by atoms with Gasteiger partial charge in [0.1, 0.15) is 6.04 Å². The van der Waals surface area contributed by atoms with Crippen LogP contribution in [0.15, 0.2) is 0 Å². The molecule has 0 radical (unpaired) electrons. The van der Waals surface area contributed by atoms with Gasteiger partial charge in [0.25, 0.3) is 0 Å². The summed E-state index contributed by atoms with van der Waals surface area (Å²) in [5.41, 5.74) is 5.98. The average Bonchev–Trinajstić information content (AvgIpc) is 3.11. The Labute approximate surface area is 158 Å². The summed E-state index contributed by atoms with van der Waals surface area (Å²) in [6, 6.07) is -2.85. The number of nitrogens with one attached hydrogen (secondary N) is 2. The van der Waals surface area contributed by atoms with Gasteiger partial charge in [-0.3, -0.25) is 14.4 Å². The predicted molar refractivity (Wildman–Crippen MR) is 96.4 cm³/mol. The highest BCUT2D eigenvalue weighted by molar-refractivity contribution is 5.93. The first kappa shape index (κ1) is 22.8. The van der Waals surface area contributed by atoms with Crippen molar-refractivity contribution in [2.45, 2.75) is 64.3 Å². The maximum Gasteiger partial charge on any atom is 0.328 e. The summed E-state index contributed by atoms with van der Waals surface area (Å²) in [5, 5.41) is 22.8. The number of carboxylic acids is 1. The lowest BCUT2D eigenvalue weighted by molar-refractivity contribution is -0.145. The average molecular weight is 386 g/mol. The standard InChI is InChI=1S/C17H30N4O6/c1-4-9(2)13(18)16(25)21-7-5-6-11(21)15(24)19-8-12(23)20-14(10(3)22)17(26)27/h9-11,13-14,22H,4-8,18H2,1-3H3,(H,19,24)(H,20,23)(H,26,27). The lowest BCUT2D eigenvalue weighted by atomic mass is 9.98. The van der Waals surface area contributed by atoms with Gasteiger partial charge in [-0.2, -0.15) is 0 Å². The molecule has 1 aliphatic heterocycles. The van der Waals surface area contributed by atoms with Crippen molar-refractivity contribution in [3.05, 3.63) is 0 Å². The molecule has 1 rings (SSSR count). The number of nitrogens with zero attached hydrogens (tertiary/aromatic N) is 1. The monoisotopic (exact) mass is 386 g/mol. The summed E-state index contributed by atoms with van der Waals surface area (Å²) in [5.74, 6) is -2.91. The van der Waals surface area contributed by atoms with E-state index in [2.05, 4.69) is 10.6 Å². The van der Waals surface area contributed by atoms with Crippen molar-refractivity contribution in [1.29, 1.82) is 0 Å². The fourth-order valence-corrected chi connectivity index (χ4v) is 2.89. The summed E-state index contributed by atoms with van der Waals surface area (Å²) < 4.78 is 0.